The summed E-state index contributed by atoms with van der Waals surface area (Å²) in [5, 5.41) is 10.8. The van der Waals surface area contributed by atoms with E-state index in [9.17, 15) is 14.9 Å². The fourth-order valence-electron chi connectivity index (χ4n) is 1.29. The lowest BCUT2D eigenvalue weighted by molar-refractivity contribution is -0.425. The standard InChI is InChI=1S/C12H11Cl2NO5/c1-3-9(15(17)18)6-8-4-5-10(12(14)11(8)13)20-19-7(2)16/h4-6H,3H2,1-2H3/b9-6+. The second-order valence-electron chi connectivity index (χ2n) is 3.69. The van der Waals surface area contributed by atoms with E-state index < -0.39 is 10.9 Å². The lowest BCUT2D eigenvalue weighted by Crippen LogP contribution is -2.03. The Kier molecular flexibility index (Phi) is 5.79. The van der Waals surface area contributed by atoms with Crippen LogP contribution in [0.2, 0.25) is 10.0 Å². The minimum atomic E-state index is -0.650. The van der Waals surface area contributed by atoms with Crippen LogP contribution in [-0.2, 0) is 9.68 Å². The zero-order chi connectivity index (χ0) is 15.3. The summed E-state index contributed by atoms with van der Waals surface area (Å²) in [6.07, 6.45) is 1.57. The van der Waals surface area contributed by atoms with Crippen LogP contribution in [0.3, 0.4) is 0 Å². The van der Waals surface area contributed by atoms with Crippen molar-refractivity contribution in [3.63, 3.8) is 0 Å². The van der Waals surface area contributed by atoms with Crippen molar-refractivity contribution in [1.82, 2.24) is 0 Å². The van der Waals surface area contributed by atoms with Crippen molar-refractivity contribution >= 4 is 35.2 Å². The predicted molar refractivity (Wildman–Crippen MR) is 74.1 cm³/mol. The molecule has 0 N–H and O–H groups in total. The average molecular weight is 320 g/mol. The zero-order valence-electron chi connectivity index (χ0n) is 10.7. The van der Waals surface area contributed by atoms with Crippen molar-refractivity contribution in [3.05, 3.63) is 43.6 Å². The van der Waals surface area contributed by atoms with Gasteiger partial charge in [-0.1, -0.05) is 30.1 Å². The molecule has 0 saturated carbocycles. The molecule has 1 aromatic carbocycles. The molecule has 0 unspecified atom stereocenters. The minimum Gasteiger partial charge on any atom is -0.285 e. The average Bonchev–Trinajstić information content (AvgIpc) is 2.38. The molecule has 0 aliphatic carbocycles. The maximum atomic E-state index is 10.8. The van der Waals surface area contributed by atoms with E-state index in [1.54, 1.807) is 6.92 Å². The SMILES string of the molecule is CC/C(=C\c1ccc(OOC(C)=O)c(Cl)c1Cl)[N+](=O)[O-]. The minimum absolute atomic E-state index is 0.000433. The molecule has 0 saturated heterocycles. The summed E-state index contributed by atoms with van der Waals surface area (Å²) in [5.41, 5.74) is 0.372. The van der Waals surface area contributed by atoms with E-state index in [4.69, 9.17) is 28.1 Å². The van der Waals surface area contributed by atoms with Crippen molar-refractivity contribution in [1.29, 1.82) is 0 Å². The molecule has 8 heteroatoms. The smallest absolute Gasteiger partial charge is 0.285 e. The van der Waals surface area contributed by atoms with Crippen LogP contribution in [0.4, 0.5) is 0 Å². The van der Waals surface area contributed by atoms with Gasteiger partial charge in [0.15, 0.2) is 5.75 Å². The number of allylic oxidation sites excluding steroid dienone is 1. The highest BCUT2D eigenvalue weighted by Gasteiger charge is 2.15. The number of halogens is 2. The molecule has 0 radical (unpaired) electrons. The molecule has 0 aliphatic heterocycles. The number of hydrogen-bond acceptors (Lipinski definition) is 5. The Bertz CT molecular complexity index is 571. The van der Waals surface area contributed by atoms with Gasteiger partial charge in [-0.05, 0) is 12.1 Å². The van der Waals surface area contributed by atoms with Crippen LogP contribution in [0, 0.1) is 10.1 Å². The molecule has 0 fully saturated rings. The van der Waals surface area contributed by atoms with Gasteiger partial charge in [-0.25, -0.2) is 4.79 Å². The molecule has 108 valence electrons. The fourth-order valence-corrected chi connectivity index (χ4v) is 1.70. The van der Waals surface area contributed by atoms with E-state index in [0.29, 0.717) is 5.56 Å². The van der Waals surface area contributed by atoms with Crippen molar-refractivity contribution in [3.8, 4) is 5.75 Å². The number of carbonyl (C=O) groups is 1. The van der Waals surface area contributed by atoms with Crippen molar-refractivity contribution in [2.45, 2.75) is 20.3 Å². The molecule has 0 aliphatic rings. The van der Waals surface area contributed by atoms with Gasteiger partial charge in [0.25, 0.3) is 0 Å². The lowest BCUT2D eigenvalue weighted by Gasteiger charge is -2.07. The molecule has 0 aromatic heterocycles. The van der Waals surface area contributed by atoms with Gasteiger partial charge in [0.2, 0.25) is 5.70 Å². The number of carbonyl (C=O) groups excluding carboxylic acids is 1. The highest BCUT2D eigenvalue weighted by molar-refractivity contribution is 6.43. The normalized spacial score (nSPS) is 11.1. The van der Waals surface area contributed by atoms with Crippen molar-refractivity contribution in [2.24, 2.45) is 0 Å². The highest BCUT2D eigenvalue weighted by Crippen LogP contribution is 2.36. The maximum absolute atomic E-state index is 10.8. The van der Waals surface area contributed by atoms with Gasteiger partial charge in [0, 0.05) is 25.0 Å². The Morgan fingerprint density at radius 1 is 1.40 bits per heavy atom. The van der Waals surface area contributed by atoms with Gasteiger partial charge in [0.05, 0.1) is 9.95 Å². The Hall–Kier alpha value is -1.79. The van der Waals surface area contributed by atoms with Gasteiger partial charge >= 0.3 is 5.97 Å². The van der Waals surface area contributed by atoms with Crippen LogP contribution < -0.4 is 4.89 Å². The number of benzene rings is 1. The third-order valence-corrected chi connectivity index (χ3v) is 3.12. The largest absolute Gasteiger partial charge is 0.352 e. The van der Waals surface area contributed by atoms with Crippen LogP contribution in [-0.4, -0.2) is 10.9 Å². The van der Waals surface area contributed by atoms with Gasteiger partial charge in [-0.2, -0.15) is 0 Å². The number of nitro groups is 1. The fraction of sp³-hybridized carbons (Fsp3) is 0.250. The predicted octanol–water partition coefficient (Wildman–Crippen LogP) is 3.88. The Morgan fingerprint density at radius 3 is 2.55 bits per heavy atom. The van der Waals surface area contributed by atoms with Gasteiger partial charge in [-0.15, -0.1) is 0 Å². The summed E-state index contributed by atoms with van der Waals surface area (Å²) in [5.74, 6) is -0.606. The third kappa shape index (κ3) is 4.11. The Balaban J connectivity index is 3.11. The van der Waals surface area contributed by atoms with E-state index >= 15 is 0 Å². The molecule has 0 amide bonds. The molecular weight excluding hydrogens is 309 g/mol. The quantitative estimate of drug-likeness (QED) is 0.467. The molecule has 0 atom stereocenters. The first-order valence-electron chi connectivity index (χ1n) is 5.54. The lowest BCUT2D eigenvalue weighted by atomic mass is 10.1. The summed E-state index contributed by atoms with van der Waals surface area (Å²) in [7, 11) is 0. The van der Waals surface area contributed by atoms with E-state index in [1.807, 2.05) is 0 Å². The second kappa shape index (κ2) is 7.12. The second-order valence-corrected chi connectivity index (χ2v) is 4.44. The highest BCUT2D eigenvalue weighted by atomic mass is 35.5. The third-order valence-electron chi connectivity index (χ3n) is 2.24. The van der Waals surface area contributed by atoms with E-state index in [2.05, 4.69) is 4.89 Å². The summed E-state index contributed by atoms with van der Waals surface area (Å²) in [6, 6.07) is 2.88. The van der Waals surface area contributed by atoms with Gasteiger partial charge in [-0.3, -0.25) is 19.9 Å². The molecule has 6 nitrogen and oxygen atoms in total. The molecular formula is C12H11Cl2NO5. The first kappa shape index (κ1) is 16.3. The zero-order valence-corrected chi connectivity index (χ0v) is 12.2. The van der Waals surface area contributed by atoms with E-state index in [0.717, 1.165) is 6.92 Å². The molecule has 0 spiro atoms. The molecule has 1 aromatic rings. The maximum Gasteiger partial charge on any atom is 0.352 e. The number of hydrogen-bond donors (Lipinski definition) is 0. The summed E-state index contributed by atoms with van der Waals surface area (Å²) in [4.78, 5) is 29.9. The number of nitrogens with zero attached hydrogens (tertiary/aromatic N) is 1. The van der Waals surface area contributed by atoms with Crippen LogP contribution in [0.25, 0.3) is 6.08 Å². The van der Waals surface area contributed by atoms with E-state index in [1.165, 1.54) is 18.2 Å². The molecule has 1 rings (SSSR count). The van der Waals surface area contributed by atoms with Crippen LogP contribution in [0.1, 0.15) is 25.8 Å². The first-order valence-corrected chi connectivity index (χ1v) is 6.30. The van der Waals surface area contributed by atoms with Gasteiger partial charge in [0.1, 0.15) is 5.02 Å². The topological polar surface area (TPSA) is 78.7 Å². The summed E-state index contributed by atoms with van der Waals surface area (Å²) < 4.78 is 0. The first-order chi connectivity index (χ1) is 9.36. The van der Waals surface area contributed by atoms with Crippen LogP contribution in [0.5, 0.6) is 5.75 Å². The van der Waals surface area contributed by atoms with E-state index in [-0.39, 0.29) is 27.9 Å². The number of rotatable bonds is 5. The van der Waals surface area contributed by atoms with Gasteiger partial charge < -0.3 is 0 Å². The Morgan fingerprint density at radius 2 is 2.05 bits per heavy atom. The van der Waals surface area contributed by atoms with Crippen LogP contribution >= 0.6 is 23.2 Å². The molecule has 0 bridgehead atoms. The summed E-state index contributed by atoms with van der Waals surface area (Å²) in [6.45, 7) is 2.82. The van der Waals surface area contributed by atoms with Crippen molar-refractivity contribution in [2.75, 3.05) is 0 Å². The van der Waals surface area contributed by atoms with Crippen LogP contribution in [0.15, 0.2) is 17.8 Å². The summed E-state index contributed by atoms with van der Waals surface area (Å²) >= 11 is 11.9. The molecule has 20 heavy (non-hydrogen) atoms. The van der Waals surface area contributed by atoms with Crippen molar-refractivity contribution < 1.29 is 19.5 Å². The monoisotopic (exact) mass is 319 g/mol. The Labute approximate surface area is 125 Å². The molecule has 0 heterocycles.